The summed E-state index contributed by atoms with van der Waals surface area (Å²) in [4.78, 5) is 14.1. The highest BCUT2D eigenvalue weighted by Crippen LogP contribution is 2.21. The van der Waals surface area contributed by atoms with Crippen molar-refractivity contribution in [2.75, 3.05) is 12.4 Å². The van der Waals surface area contributed by atoms with Crippen molar-refractivity contribution in [1.29, 1.82) is 0 Å². The van der Waals surface area contributed by atoms with Crippen LogP contribution in [0.15, 0.2) is 66.7 Å². The third-order valence-electron chi connectivity index (χ3n) is 4.25. The van der Waals surface area contributed by atoms with E-state index in [1.54, 1.807) is 36.2 Å². The largest absolute Gasteiger partial charge is 0.496 e. The van der Waals surface area contributed by atoms with E-state index in [4.69, 9.17) is 4.74 Å². The number of nitrogens with zero attached hydrogens (tertiary/aromatic N) is 3. The van der Waals surface area contributed by atoms with E-state index >= 15 is 0 Å². The molecule has 6 heteroatoms. The fourth-order valence-electron chi connectivity index (χ4n) is 2.82. The maximum Gasteiger partial charge on any atom is 0.259 e. The molecule has 1 aromatic heterocycles. The number of amides is 1. The first-order chi connectivity index (χ1) is 13.1. The number of ether oxygens (including phenoxy) is 1. The van der Waals surface area contributed by atoms with Crippen LogP contribution in [0.4, 0.5) is 5.69 Å². The van der Waals surface area contributed by atoms with Crippen LogP contribution in [0.5, 0.6) is 5.75 Å². The van der Waals surface area contributed by atoms with Gasteiger partial charge in [0, 0.05) is 5.69 Å². The Kier molecular flexibility index (Phi) is 4.30. The molecule has 6 nitrogen and oxygen atoms in total. The van der Waals surface area contributed by atoms with Crippen LogP contribution in [0.3, 0.4) is 0 Å². The molecular formula is C21H18N4O2. The molecular weight excluding hydrogens is 340 g/mol. The third kappa shape index (κ3) is 3.37. The summed E-state index contributed by atoms with van der Waals surface area (Å²) < 4.78 is 5.25. The van der Waals surface area contributed by atoms with Crippen LogP contribution in [0.2, 0.25) is 0 Å². The number of methoxy groups -OCH3 is 1. The van der Waals surface area contributed by atoms with E-state index in [-0.39, 0.29) is 5.91 Å². The van der Waals surface area contributed by atoms with Crippen molar-refractivity contribution in [3.63, 3.8) is 0 Å². The number of carbonyl (C=O) groups is 1. The minimum Gasteiger partial charge on any atom is -0.496 e. The molecule has 3 aromatic carbocycles. The molecule has 4 aromatic rings. The second-order valence-electron chi connectivity index (χ2n) is 6.18. The Bertz CT molecular complexity index is 1120. The number of aromatic nitrogens is 3. The van der Waals surface area contributed by atoms with Gasteiger partial charge in [-0.3, -0.25) is 4.79 Å². The summed E-state index contributed by atoms with van der Waals surface area (Å²) in [5, 5.41) is 11.9. The summed E-state index contributed by atoms with van der Waals surface area (Å²) in [7, 11) is 1.54. The molecule has 27 heavy (non-hydrogen) atoms. The van der Waals surface area contributed by atoms with Crippen molar-refractivity contribution < 1.29 is 9.53 Å². The SMILES string of the molecule is COc1ccccc1C(=O)Nc1ccc2nn(-c3ccc(C)cc3)nc2c1. The van der Waals surface area contributed by atoms with E-state index in [0.29, 0.717) is 22.5 Å². The highest BCUT2D eigenvalue weighted by Gasteiger charge is 2.13. The maximum atomic E-state index is 12.6. The summed E-state index contributed by atoms with van der Waals surface area (Å²) in [5.74, 6) is 0.291. The molecule has 0 saturated heterocycles. The van der Waals surface area contributed by atoms with Gasteiger partial charge in [-0.1, -0.05) is 29.8 Å². The fraction of sp³-hybridized carbons (Fsp3) is 0.0952. The lowest BCUT2D eigenvalue weighted by Gasteiger charge is -2.08. The normalized spacial score (nSPS) is 10.7. The second kappa shape index (κ2) is 6.92. The minimum absolute atomic E-state index is 0.238. The molecule has 0 fully saturated rings. The van der Waals surface area contributed by atoms with E-state index in [1.165, 1.54) is 5.56 Å². The molecule has 0 aliphatic rings. The molecule has 4 rings (SSSR count). The molecule has 0 bridgehead atoms. The number of hydrogen-bond donors (Lipinski definition) is 1. The quantitative estimate of drug-likeness (QED) is 0.599. The van der Waals surface area contributed by atoms with E-state index < -0.39 is 0 Å². The second-order valence-corrected chi connectivity index (χ2v) is 6.18. The van der Waals surface area contributed by atoms with E-state index in [9.17, 15) is 4.79 Å². The highest BCUT2D eigenvalue weighted by molar-refractivity contribution is 6.06. The Morgan fingerprint density at radius 2 is 1.70 bits per heavy atom. The van der Waals surface area contributed by atoms with Crippen LogP contribution in [0.1, 0.15) is 15.9 Å². The van der Waals surface area contributed by atoms with E-state index in [0.717, 1.165) is 11.2 Å². The number of hydrogen-bond acceptors (Lipinski definition) is 4. The van der Waals surface area contributed by atoms with Crippen molar-refractivity contribution in [2.24, 2.45) is 0 Å². The first kappa shape index (κ1) is 16.8. The monoisotopic (exact) mass is 358 g/mol. The summed E-state index contributed by atoms with van der Waals surface area (Å²) in [6.45, 7) is 2.04. The molecule has 0 aliphatic carbocycles. The molecule has 0 atom stereocenters. The van der Waals surface area contributed by atoms with Crippen molar-refractivity contribution in [3.8, 4) is 11.4 Å². The first-order valence-electron chi connectivity index (χ1n) is 8.52. The number of rotatable bonds is 4. The summed E-state index contributed by atoms with van der Waals surface area (Å²) >= 11 is 0. The molecule has 0 aliphatic heterocycles. The number of para-hydroxylation sites is 1. The van der Waals surface area contributed by atoms with Crippen LogP contribution in [0.25, 0.3) is 16.7 Å². The van der Waals surface area contributed by atoms with Gasteiger partial charge < -0.3 is 10.1 Å². The van der Waals surface area contributed by atoms with Crippen LogP contribution in [0, 0.1) is 6.92 Å². The molecule has 0 saturated carbocycles. The van der Waals surface area contributed by atoms with Crippen LogP contribution < -0.4 is 10.1 Å². The van der Waals surface area contributed by atoms with Gasteiger partial charge in [0.2, 0.25) is 0 Å². The predicted molar refractivity (Wildman–Crippen MR) is 105 cm³/mol. The minimum atomic E-state index is -0.238. The zero-order valence-electron chi connectivity index (χ0n) is 15.0. The number of benzene rings is 3. The van der Waals surface area contributed by atoms with Gasteiger partial charge in [0.15, 0.2) is 0 Å². The molecule has 134 valence electrons. The van der Waals surface area contributed by atoms with Crippen molar-refractivity contribution in [3.05, 3.63) is 77.9 Å². The van der Waals surface area contributed by atoms with Gasteiger partial charge in [0.05, 0.1) is 18.4 Å². The van der Waals surface area contributed by atoms with E-state index in [1.807, 2.05) is 49.4 Å². The molecule has 0 radical (unpaired) electrons. The summed E-state index contributed by atoms with van der Waals surface area (Å²) in [6.07, 6.45) is 0. The fourth-order valence-corrected chi connectivity index (χ4v) is 2.82. The lowest BCUT2D eigenvalue weighted by Crippen LogP contribution is -2.13. The Balaban J connectivity index is 1.62. The van der Waals surface area contributed by atoms with Gasteiger partial charge in [0.25, 0.3) is 5.91 Å². The van der Waals surface area contributed by atoms with Crippen LogP contribution in [-0.4, -0.2) is 28.0 Å². The smallest absolute Gasteiger partial charge is 0.259 e. The van der Waals surface area contributed by atoms with Gasteiger partial charge >= 0.3 is 0 Å². The lowest BCUT2D eigenvalue weighted by atomic mass is 10.2. The Morgan fingerprint density at radius 1 is 0.963 bits per heavy atom. The van der Waals surface area contributed by atoms with Gasteiger partial charge in [-0.05, 0) is 49.4 Å². The predicted octanol–water partition coefficient (Wildman–Crippen LogP) is 3.99. The van der Waals surface area contributed by atoms with Gasteiger partial charge in [-0.25, -0.2) is 0 Å². The van der Waals surface area contributed by atoms with Crippen molar-refractivity contribution >= 4 is 22.6 Å². The zero-order valence-corrected chi connectivity index (χ0v) is 15.0. The van der Waals surface area contributed by atoms with Crippen molar-refractivity contribution in [2.45, 2.75) is 6.92 Å². The Hall–Kier alpha value is -3.67. The van der Waals surface area contributed by atoms with Gasteiger partial charge in [0.1, 0.15) is 16.8 Å². The Labute approximate surface area is 156 Å². The van der Waals surface area contributed by atoms with Crippen LogP contribution in [-0.2, 0) is 0 Å². The van der Waals surface area contributed by atoms with Gasteiger partial charge in [-0.2, -0.15) is 4.80 Å². The number of nitrogens with one attached hydrogen (secondary N) is 1. The maximum absolute atomic E-state index is 12.6. The van der Waals surface area contributed by atoms with Gasteiger partial charge in [-0.15, -0.1) is 10.2 Å². The molecule has 0 spiro atoms. The lowest BCUT2D eigenvalue weighted by molar-refractivity contribution is 0.102. The average Bonchev–Trinajstić information content (AvgIpc) is 3.11. The average molecular weight is 358 g/mol. The number of carbonyl (C=O) groups excluding carboxylic acids is 1. The molecule has 1 amide bonds. The third-order valence-corrected chi connectivity index (χ3v) is 4.25. The number of aryl methyl sites for hydroxylation is 1. The zero-order chi connectivity index (χ0) is 18.8. The van der Waals surface area contributed by atoms with Crippen molar-refractivity contribution in [1.82, 2.24) is 15.0 Å². The molecule has 1 heterocycles. The number of fused-ring (bicyclic) bond motifs is 1. The topological polar surface area (TPSA) is 69.0 Å². The standard InChI is InChI=1S/C21H18N4O2/c1-14-7-10-16(11-8-14)25-23-18-12-9-15(13-19(18)24-25)22-21(26)17-5-3-4-6-20(17)27-2/h3-13H,1-2H3,(H,22,26). The van der Waals surface area contributed by atoms with Crippen LogP contribution >= 0.6 is 0 Å². The molecule has 1 N–H and O–H groups in total. The highest BCUT2D eigenvalue weighted by atomic mass is 16.5. The number of anilines is 1. The van der Waals surface area contributed by atoms with E-state index in [2.05, 4.69) is 15.5 Å². The Morgan fingerprint density at radius 3 is 2.48 bits per heavy atom. The summed E-state index contributed by atoms with van der Waals surface area (Å²) in [6, 6.07) is 20.5. The summed E-state index contributed by atoms with van der Waals surface area (Å²) in [5.41, 5.74) is 4.64. The first-order valence-corrected chi connectivity index (χ1v) is 8.52. The molecule has 0 unspecified atom stereocenters.